The molecule has 0 spiro atoms. The van der Waals surface area contributed by atoms with E-state index in [0.29, 0.717) is 30.4 Å². The quantitative estimate of drug-likeness (QED) is 0.0392. The molecule has 662 valence electrons. The number of benzene rings is 3. The molecule has 17 amide bonds. The number of ether oxygens (including phenoxy) is 1. The van der Waals surface area contributed by atoms with Crippen LogP contribution in [0.1, 0.15) is 148 Å². The van der Waals surface area contributed by atoms with Gasteiger partial charge in [-0.3, -0.25) is 92.4 Å². The molecule has 0 fully saturated rings. The van der Waals surface area contributed by atoms with Gasteiger partial charge in [0.2, 0.25) is 76.8 Å². The lowest BCUT2D eigenvalue weighted by molar-refractivity contribution is -0.138. The fraction of sp³-hybridized carbons (Fsp3) is 0.551. The SMILES string of the molecule is COc1ccc2cc1C(=O)NNC(=O)[C@H](Cc1ccccc1)NC(=O)[C@H](C(C)C)NC(=O)[C@@H](N)CCCNC(=O)[C@H]([C@@H](C)O)NC(=O)[C@H](CCCCN)NC(=O)[C@H](CC(N)=O)NC(=O)[C@H](C)NC(=O)[C@H](C(C)C)NC(=O)[C@H](C)NC(=O)[C@H]([C@@H](C)O)NC(=O)[C@@H](N)CCCNC(=O)[C@H](CCCCN)NC(=O)[C@H](Cc1ccc(O)cc1)NC(=O)C(=O)N2. The normalized spacial score (nSPS) is 24.9. The van der Waals surface area contributed by atoms with Crippen molar-refractivity contribution in [3.05, 3.63) is 89.5 Å². The molecule has 2 bridgehead atoms. The predicted octanol–water partition coefficient (Wildman–Crippen LogP) is -6.37. The number of carbonyl (C=O) groups is 17. The molecule has 1 aliphatic heterocycles. The van der Waals surface area contributed by atoms with Crippen molar-refractivity contribution in [3.63, 3.8) is 0 Å². The number of phenolic OH excluding ortho intramolecular Hbond substituents is 1. The van der Waals surface area contributed by atoms with E-state index in [-0.39, 0.29) is 107 Å². The molecule has 120 heavy (non-hydrogen) atoms. The zero-order valence-corrected chi connectivity index (χ0v) is 68.8. The topological polar surface area (TPSA) is 683 Å². The van der Waals surface area contributed by atoms with Crippen LogP contribution < -0.4 is 119 Å². The summed E-state index contributed by atoms with van der Waals surface area (Å²) in [6.45, 7) is 11.1. The number of aliphatic hydroxyl groups is 2. The first-order valence-corrected chi connectivity index (χ1v) is 39.6. The number of methoxy groups -OCH3 is 1. The van der Waals surface area contributed by atoms with Gasteiger partial charge in [0.25, 0.3) is 11.8 Å². The highest BCUT2D eigenvalue weighted by Gasteiger charge is 2.38. The number of anilines is 1. The highest BCUT2D eigenvalue weighted by atomic mass is 16.5. The lowest BCUT2D eigenvalue weighted by atomic mass is 10.00. The van der Waals surface area contributed by atoms with Crippen LogP contribution in [0, 0.1) is 11.8 Å². The van der Waals surface area contributed by atoms with Gasteiger partial charge in [0.15, 0.2) is 0 Å². The third kappa shape index (κ3) is 33.8. The molecule has 0 aromatic heterocycles. The Hall–Kier alpha value is -12.0. The number of aromatic hydroxyl groups is 1. The second-order valence-corrected chi connectivity index (χ2v) is 29.8. The van der Waals surface area contributed by atoms with Crippen molar-refractivity contribution in [1.82, 2.24) is 80.0 Å². The number of hydrazine groups is 1. The highest BCUT2D eigenvalue weighted by molar-refractivity contribution is 6.40. The Kier molecular flexibility index (Phi) is 42.4. The van der Waals surface area contributed by atoms with E-state index >= 15 is 0 Å². The van der Waals surface area contributed by atoms with Gasteiger partial charge < -0.3 is 123 Å². The Morgan fingerprint density at radius 1 is 0.442 bits per heavy atom. The molecule has 1 heterocycles. The van der Waals surface area contributed by atoms with Crippen molar-refractivity contribution in [3.8, 4) is 11.5 Å². The van der Waals surface area contributed by atoms with Gasteiger partial charge in [0.1, 0.15) is 78.0 Å². The second-order valence-electron chi connectivity index (χ2n) is 29.8. The fourth-order valence-corrected chi connectivity index (χ4v) is 12.1. The maximum Gasteiger partial charge on any atom is 0.313 e. The monoisotopic (exact) mass is 1690 g/mol. The number of unbranched alkanes of at least 4 members (excludes halogenated alkanes) is 2. The van der Waals surface area contributed by atoms with Gasteiger partial charge >= 0.3 is 11.8 Å². The summed E-state index contributed by atoms with van der Waals surface area (Å²) < 4.78 is 5.41. The van der Waals surface area contributed by atoms with Crippen LogP contribution >= 0.6 is 0 Å². The van der Waals surface area contributed by atoms with Crippen LogP contribution in [0.4, 0.5) is 5.69 Å². The predicted molar refractivity (Wildman–Crippen MR) is 435 cm³/mol. The van der Waals surface area contributed by atoms with E-state index < -0.39 is 209 Å². The third-order valence-corrected chi connectivity index (χ3v) is 19.1. The molecule has 29 N–H and O–H groups in total. The Morgan fingerprint density at radius 3 is 1.38 bits per heavy atom. The second kappa shape index (κ2) is 50.7. The molecule has 1 aliphatic rings. The number of amides is 17. The minimum Gasteiger partial charge on any atom is -0.508 e. The molecule has 0 saturated heterocycles. The van der Waals surface area contributed by atoms with Gasteiger partial charge in [-0.2, -0.15) is 0 Å². The highest BCUT2D eigenvalue weighted by Crippen LogP contribution is 2.23. The van der Waals surface area contributed by atoms with Gasteiger partial charge in [-0.1, -0.05) is 70.2 Å². The molecular formula is C78H119N21O21. The zero-order chi connectivity index (χ0) is 89.6. The van der Waals surface area contributed by atoms with Crippen molar-refractivity contribution in [2.24, 2.45) is 40.5 Å². The average Bonchev–Trinajstić information content (AvgIpc) is 0.804. The molecule has 42 heteroatoms. The van der Waals surface area contributed by atoms with E-state index in [9.17, 15) is 96.8 Å². The summed E-state index contributed by atoms with van der Waals surface area (Å²) in [7, 11) is 1.21. The van der Waals surface area contributed by atoms with E-state index in [1.54, 1.807) is 44.2 Å². The molecule has 4 rings (SSSR count). The van der Waals surface area contributed by atoms with Crippen LogP contribution in [0.5, 0.6) is 11.5 Å². The first-order chi connectivity index (χ1) is 56.7. The van der Waals surface area contributed by atoms with E-state index in [0.717, 1.165) is 6.07 Å². The van der Waals surface area contributed by atoms with Gasteiger partial charge in [-0.05, 0) is 158 Å². The molecule has 15 atom stereocenters. The Labute approximate surface area is 694 Å². The van der Waals surface area contributed by atoms with Crippen molar-refractivity contribution in [1.29, 1.82) is 0 Å². The minimum atomic E-state index is -1.79. The Bertz CT molecular complexity index is 4020. The smallest absolute Gasteiger partial charge is 0.313 e. The minimum absolute atomic E-state index is 0.00830. The van der Waals surface area contributed by atoms with Gasteiger partial charge in [0.05, 0.1) is 43.4 Å². The summed E-state index contributed by atoms with van der Waals surface area (Å²) >= 11 is 0. The van der Waals surface area contributed by atoms with Crippen LogP contribution in [-0.2, 0) is 89.6 Å². The Balaban J connectivity index is 1.69. The van der Waals surface area contributed by atoms with Crippen LogP contribution in [0.2, 0.25) is 0 Å². The van der Waals surface area contributed by atoms with Crippen LogP contribution in [0.15, 0.2) is 72.8 Å². The number of nitrogens with one attached hydrogen (secondary N) is 16. The summed E-state index contributed by atoms with van der Waals surface area (Å²) in [6, 6.07) is -1.90. The molecule has 3 aromatic carbocycles. The van der Waals surface area contributed by atoms with Gasteiger partial charge in [-0.15, -0.1) is 0 Å². The standard InChI is InChI=1S/C78H119N21O21/c1-39(2)59-74(115)86-41(5)63(104)91-56(38-58(83)103)71(112)90-53(24-14-16-32-80)69(110)97-61(43(7)100)73(114)85-34-18-22-50(81)66(107)95-60(40(3)4)75(116)92-55(35-45-19-11-10-12-20-45)72(113)99-98-65(106)49-37-47(27-30-57(49)120-9)88-77(118)78(119)93-54(36-46-25-28-48(102)29-26-46)70(111)89-52(23-13-15-31-79)68(109)84-33-17-21-51(82)67(108)96-62(44(8)101)76(117)87-42(6)64(105)94-59/h10-12,19-20,25-30,37,39-44,50-56,59-62,100-102H,13-18,21-24,31-36,38,79-82H2,1-9H3,(H2,83,103)(H,84,109)(H,85,114)(H,86,115)(H,87,117)(H,88,118)(H,89,111)(H,90,112)(H,91,104)(H,92,116)(H,93,119)(H,94,105)(H,95,107)(H,96,108)(H,97,110)(H,98,106)(H,99,113)/t41-,42-,43+,44+,50-,51-,52-,53-,54-,55-,56-,59-,60-,61-,62-/m0/s1. The number of aliphatic hydroxyl groups excluding tert-OH is 2. The first-order valence-electron chi connectivity index (χ1n) is 39.6. The molecule has 42 nitrogen and oxygen atoms in total. The van der Waals surface area contributed by atoms with E-state index in [4.69, 9.17) is 33.4 Å². The third-order valence-electron chi connectivity index (χ3n) is 19.1. The number of rotatable bonds is 19. The average molecular weight is 1690 g/mol. The zero-order valence-electron chi connectivity index (χ0n) is 68.8. The van der Waals surface area contributed by atoms with E-state index in [1.165, 1.54) is 85.1 Å². The fourth-order valence-electron chi connectivity index (χ4n) is 12.1. The van der Waals surface area contributed by atoms with Crippen molar-refractivity contribution in [2.75, 3.05) is 38.6 Å². The summed E-state index contributed by atoms with van der Waals surface area (Å²) in [6.07, 6.45) is -3.54. The number of fused-ring (bicyclic) bond motifs is 2. The number of nitrogens with two attached hydrogens (primary N) is 5. The molecule has 0 radical (unpaired) electrons. The van der Waals surface area contributed by atoms with Crippen molar-refractivity contribution < 1.29 is 102 Å². The number of primary amides is 1. The van der Waals surface area contributed by atoms with Crippen LogP contribution in [0.25, 0.3) is 0 Å². The van der Waals surface area contributed by atoms with Crippen molar-refractivity contribution in [2.45, 2.75) is 230 Å². The summed E-state index contributed by atoms with van der Waals surface area (Å²) in [5, 5.41) is 66.2. The lowest BCUT2D eigenvalue weighted by Gasteiger charge is -2.28. The molecule has 3 aromatic rings. The maximum absolute atomic E-state index is 14.3. The van der Waals surface area contributed by atoms with E-state index in [1.807, 2.05) is 0 Å². The number of carbonyl (C=O) groups excluding carboxylic acids is 17. The van der Waals surface area contributed by atoms with E-state index in [2.05, 4.69) is 85.3 Å². The lowest BCUT2D eigenvalue weighted by Crippen LogP contribution is -2.61. The molecule has 0 saturated carbocycles. The largest absolute Gasteiger partial charge is 0.508 e. The van der Waals surface area contributed by atoms with Crippen LogP contribution in [0.3, 0.4) is 0 Å². The number of hydrogen-bond acceptors (Lipinski definition) is 25. The van der Waals surface area contributed by atoms with Crippen LogP contribution in [-0.4, -0.2) is 240 Å². The first kappa shape index (κ1) is 100. The molecular weight excluding hydrogens is 1570 g/mol. The maximum atomic E-state index is 14.3. The Morgan fingerprint density at radius 2 is 0.867 bits per heavy atom. The van der Waals surface area contributed by atoms with Gasteiger partial charge in [-0.25, -0.2) is 0 Å². The number of hydrogen-bond donors (Lipinski definition) is 24. The summed E-state index contributed by atoms with van der Waals surface area (Å²) in [4.78, 5) is 235. The molecule has 0 aliphatic carbocycles. The molecule has 0 unspecified atom stereocenters. The summed E-state index contributed by atoms with van der Waals surface area (Å²) in [5.41, 5.74) is 34.5. The number of phenols is 1. The van der Waals surface area contributed by atoms with Crippen molar-refractivity contribution >= 4 is 106 Å². The van der Waals surface area contributed by atoms with Gasteiger partial charge in [0, 0.05) is 31.6 Å². The summed E-state index contributed by atoms with van der Waals surface area (Å²) in [5.74, 6) is -18.8.